The Morgan fingerprint density at radius 2 is 1.58 bits per heavy atom. The zero-order chi connectivity index (χ0) is 18.4. The van der Waals surface area contributed by atoms with Crippen LogP contribution >= 0.6 is 11.6 Å². The van der Waals surface area contributed by atoms with Gasteiger partial charge in [-0.15, -0.1) is 6.58 Å². The number of hydrogen-bond acceptors (Lipinski definition) is 2. The van der Waals surface area contributed by atoms with E-state index in [0.717, 1.165) is 37.0 Å². The Balaban J connectivity index is 1.40. The van der Waals surface area contributed by atoms with Crippen LogP contribution in [0.2, 0.25) is 5.02 Å². The van der Waals surface area contributed by atoms with E-state index < -0.39 is 0 Å². The Hall–Kier alpha value is -1.28. The lowest BCUT2D eigenvalue weighted by Crippen LogP contribution is -2.30. The Morgan fingerprint density at radius 3 is 2.15 bits per heavy atom. The van der Waals surface area contributed by atoms with Crippen molar-refractivity contribution in [3.8, 4) is 5.75 Å². The fraction of sp³-hybridized carbons (Fsp3) is 0.609. The second-order valence-electron chi connectivity index (χ2n) is 8.13. The molecule has 0 radical (unpaired) electrons. The van der Waals surface area contributed by atoms with Crippen LogP contribution in [0.15, 0.2) is 36.9 Å². The molecule has 0 N–H and O–H groups in total. The fourth-order valence-corrected chi connectivity index (χ4v) is 4.96. The van der Waals surface area contributed by atoms with Crippen molar-refractivity contribution in [1.82, 2.24) is 0 Å². The minimum atomic E-state index is -0.0705. The van der Waals surface area contributed by atoms with Gasteiger partial charge in [-0.05, 0) is 93.4 Å². The molecule has 142 valence electrons. The van der Waals surface area contributed by atoms with Crippen LogP contribution in [0.4, 0.5) is 0 Å². The maximum Gasteiger partial charge on any atom is 0.314 e. The smallest absolute Gasteiger partial charge is 0.314 e. The minimum absolute atomic E-state index is 0.0610. The molecule has 0 bridgehead atoms. The van der Waals surface area contributed by atoms with E-state index >= 15 is 0 Å². The third-order valence-corrected chi connectivity index (χ3v) is 6.73. The van der Waals surface area contributed by atoms with E-state index in [4.69, 9.17) is 16.3 Å². The van der Waals surface area contributed by atoms with Gasteiger partial charge in [-0.1, -0.05) is 30.5 Å². The van der Waals surface area contributed by atoms with Gasteiger partial charge >= 0.3 is 5.97 Å². The van der Waals surface area contributed by atoms with E-state index in [0.29, 0.717) is 10.8 Å². The number of esters is 1. The first-order valence-corrected chi connectivity index (χ1v) is 10.6. The molecule has 0 amide bonds. The number of ether oxygens (including phenoxy) is 1. The van der Waals surface area contributed by atoms with Crippen LogP contribution in [0.3, 0.4) is 0 Å². The van der Waals surface area contributed by atoms with Crippen LogP contribution in [-0.4, -0.2) is 5.97 Å². The topological polar surface area (TPSA) is 26.3 Å². The van der Waals surface area contributed by atoms with Gasteiger partial charge in [-0.2, -0.15) is 0 Å². The van der Waals surface area contributed by atoms with Crippen LogP contribution in [0, 0.1) is 23.7 Å². The molecule has 2 nitrogen and oxygen atoms in total. The molecule has 3 rings (SSSR count). The summed E-state index contributed by atoms with van der Waals surface area (Å²) in [6.07, 6.45) is 14.4. The van der Waals surface area contributed by atoms with Crippen molar-refractivity contribution in [3.63, 3.8) is 0 Å². The summed E-state index contributed by atoms with van der Waals surface area (Å²) in [6, 6.07) is 7.03. The Bertz CT molecular complexity index is 579. The maximum atomic E-state index is 12.4. The van der Waals surface area contributed by atoms with Crippen molar-refractivity contribution >= 4 is 17.6 Å². The molecule has 2 aliphatic rings. The van der Waals surface area contributed by atoms with Gasteiger partial charge < -0.3 is 4.74 Å². The molecule has 0 aromatic heterocycles. The Labute approximate surface area is 163 Å². The lowest BCUT2D eigenvalue weighted by molar-refractivity contribution is -0.140. The SMILES string of the molecule is C=CCC[C@H]1CC[C@H](C2CCC(C(=O)Oc3ccc(Cl)cc3)CC2)CC1. The average molecular weight is 375 g/mol. The predicted molar refractivity (Wildman–Crippen MR) is 107 cm³/mol. The number of carbonyl (C=O) groups is 1. The second-order valence-corrected chi connectivity index (χ2v) is 8.57. The summed E-state index contributed by atoms with van der Waals surface area (Å²) in [7, 11) is 0. The minimum Gasteiger partial charge on any atom is -0.426 e. The number of hydrogen-bond donors (Lipinski definition) is 0. The lowest BCUT2D eigenvalue weighted by Gasteiger charge is -2.37. The summed E-state index contributed by atoms with van der Waals surface area (Å²) >= 11 is 5.88. The molecule has 1 aromatic rings. The van der Waals surface area contributed by atoms with Crippen molar-refractivity contribution in [2.75, 3.05) is 0 Å². The van der Waals surface area contributed by atoms with E-state index in [1.54, 1.807) is 24.3 Å². The van der Waals surface area contributed by atoms with Gasteiger partial charge in [0, 0.05) is 5.02 Å². The molecule has 0 aliphatic heterocycles. The van der Waals surface area contributed by atoms with Crippen LogP contribution in [0.5, 0.6) is 5.75 Å². The van der Waals surface area contributed by atoms with Crippen LogP contribution in [0.25, 0.3) is 0 Å². The standard InChI is InChI=1S/C23H31ClO2/c1-2-3-4-17-5-7-18(8-6-17)19-9-11-20(12-10-19)23(25)26-22-15-13-21(24)14-16-22/h2,13-20H,1,3-12H2/t17-,18-,19?,20?. The molecule has 3 heteroatoms. The highest BCUT2D eigenvalue weighted by molar-refractivity contribution is 6.30. The maximum absolute atomic E-state index is 12.4. The largest absolute Gasteiger partial charge is 0.426 e. The molecule has 0 saturated heterocycles. The summed E-state index contributed by atoms with van der Waals surface area (Å²) < 4.78 is 5.54. The summed E-state index contributed by atoms with van der Waals surface area (Å²) in [5.41, 5.74) is 0. The fourth-order valence-electron chi connectivity index (χ4n) is 4.83. The molecule has 2 saturated carbocycles. The van der Waals surface area contributed by atoms with Gasteiger partial charge in [0.05, 0.1) is 5.92 Å². The average Bonchev–Trinajstić information content (AvgIpc) is 2.68. The Morgan fingerprint density at radius 1 is 1.00 bits per heavy atom. The van der Waals surface area contributed by atoms with Crippen molar-refractivity contribution in [2.24, 2.45) is 23.7 Å². The number of halogens is 1. The highest BCUT2D eigenvalue weighted by atomic mass is 35.5. The summed E-state index contributed by atoms with van der Waals surface area (Å²) in [6.45, 7) is 3.84. The van der Waals surface area contributed by atoms with Gasteiger partial charge in [0.15, 0.2) is 0 Å². The molecular formula is C23H31ClO2. The molecule has 26 heavy (non-hydrogen) atoms. The molecule has 2 aliphatic carbocycles. The number of benzene rings is 1. The lowest BCUT2D eigenvalue weighted by atomic mass is 9.69. The quantitative estimate of drug-likeness (QED) is 0.310. The van der Waals surface area contributed by atoms with Crippen LogP contribution in [0.1, 0.15) is 64.2 Å². The van der Waals surface area contributed by atoms with Gasteiger partial charge in [0.2, 0.25) is 0 Å². The first-order chi connectivity index (χ1) is 12.7. The highest BCUT2D eigenvalue weighted by Crippen LogP contribution is 2.42. The number of allylic oxidation sites excluding steroid dienone is 1. The number of rotatable bonds is 6. The van der Waals surface area contributed by atoms with Crippen molar-refractivity contribution in [2.45, 2.75) is 64.2 Å². The molecular weight excluding hydrogens is 344 g/mol. The molecule has 0 atom stereocenters. The second kappa shape index (κ2) is 9.60. The van der Waals surface area contributed by atoms with Crippen molar-refractivity contribution < 1.29 is 9.53 Å². The van der Waals surface area contributed by atoms with Crippen LogP contribution < -0.4 is 4.74 Å². The first kappa shape index (κ1) is 19.5. The summed E-state index contributed by atoms with van der Waals surface area (Å²) in [4.78, 5) is 12.4. The van der Waals surface area contributed by atoms with Gasteiger partial charge in [0.25, 0.3) is 0 Å². The predicted octanol–water partition coefficient (Wildman–Crippen LogP) is 6.82. The van der Waals surface area contributed by atoms with Crippen molar-refractivity contribution in [3.05, 3.63) is 41.9 Å². The molecule has 0 heterocycles. The van der Waals surface area contributed by atoms with E-state index in [2.05, 4.69) is 12.7 Å². The van der Waals surface area contributed by atoms with Crippen LogP contribution in [-0.2, 0) is 4.79 Å². The summed E-state index contributed by atoms with van der Waals surface area (Å²) in [5, 5.41) is 0.657. The van der Waals surface area contributed by atoms with Crippen molar-refractivity contribution in [1.29, 1.82) is 0 Å². The monoisotopic (exact) mass is 374 g/mol. The van der Waals surface area contributed by atoms with E-state index in [1.807, 2.05) is 0 Å². The zero-order valence-corrected chi connectivity index (χ0v) is 16.4. The van der Waals surface area contributed by atoms with E-state index in [1.165, 1.54) is 44.9 Å². The van der Waals surface area contributed by atoms with Gasteiger partial charge in [-0.25, -0.2) is 0 Å². The highest BCUT2D eigenvalue weighted by Gasteiger charge is 2.33. The van der Waals surface area contributed by atoms with Gasteiger partial charge in [-0.3, -0.25) is 4.79 Å². The normalized spacial score (nSPS) is 29.1. The number of carbonyl (C=O) groups excluding carboxylic acids is 1. The zero-order valence-electron chi connectivity index (χ0n) is 15.7. The molecule has 1 aromatic carbocycles. The summed E-state index contributed by atoms with van der Waals surface area (Å²) in [5.74, 6) is 3.19. The van der Waals surface area contributed by atoms with Gasteiger partial charge in [0.1, 0.15) is 5.75 Å². The third-order valence-electron chi connectivity index (χ3n) is 6.47. The Kier molecular flexibility index (Phi) is 7.19. The van der Waals surface area contributed by atoms with E-state index in [-0.39, 0.29) is 11.9 Å². The molecule has 0 unspecified atom stereocenters. The molecule has 0 spiro atoms. The first-order valence-electron chi connectivity index (χ1n) is 10.2. The van der Waals surface area contributed by atoms with E-state index in [9.17, 15) is 4.79 Å². The third kappa shape index (κ3) is 5.36. The molecule has 2 fully saturated rings.